The first-order valence-corrected chi connectivity index (χ1v) is 7.10. The molecule has 2 heteroatoms. The fourth-order valence-electron chi connectivity index (χ4n) is 2.33. The minimum atomic E-state index is 0.253. The maximum atomic E-state index is 9.16. The van der Waals surface area contributed by atoms with Crippen LogP contribution < -0.4 is 5.32 Å². The smallest absolute Gasteiger partial charge is 0.0445 e. The van der Waals surface area contributed by atoms with Crippen LogP contribution in [0.1, 0.15) is 51.6 Å². The highest BCUT2D eigenvalue weighted by Crippen LogP contribution is 2.21. The minimum absolute atomic E-state index is 0.253. The van der Waals surface area contributed by atoms with Gasteiger partial charge < -0.3 is 10.4 Å². The molecule has 1 aromatic carbocycles. The molecule has 2 unspecified atom stereocenters. The van der Waals surface area contributed by atoms with Gasteiger partial charge in [0.05, 0.1) is 0 Å². The van der Waals surface area contributed by atoms with Gasteiger partial charge in [0.2, 0.25) is 0 Å². The molecular formula is C16H27NO. The third kappa shape index (κ3) is 4.79. The molecule has 2 N–H and O–H groups in total. The summed E-state index contributed by atoms with van der Waals surface area (Å²) >= 11 is 0. The lowest BCUT2D eigenvalue weighted by Crippen LogP contribution is -2.37. The second-order valence-electron chi connectivity index (χ2n) is 5.28. The van der Waals surface area contributed by atoms with Gasteiger partial charge in [-0.1, -0.05) is 57.5 Å². The van der Waals surface area contributed by atoms with Gasteiger partial charge in [0, 0.05) is 18.7 Å². The summed E-state index contributed by atoms with van der Waals surface area (Å²) in [6.45, 7) is 6.89. The molecule has 0 radical (unpaired) electrons. The zero-order chi connectivity index (χ0) is 13.4. The monoisotopic (exact) mass is 249 g/mol. The summed E-state index contributed by atoms with van der Waals surface area (Å²) in [6, 6.07) is 11.4. The quantitative estimate of drug-likeness (QED) is 0.739. The van der Waals surface area contributed by atoms with Crippen LogP contribution in [-0.4, -0.2) is 17.8 Å². The number of hydrogen-bond donors (Lipinski definition) is 2. The number of hydrogen-bond acceptors (Lipinski definition) is 2. The molecule has 1 aromatic rings. The Kier molecular flexibility index (Phi) is 6.99. The van der Waals surface area contributed by atoms with E-state index in [0.29, 0.717) is 18.0 Å². The zero-order valence-electron chi connectivity index (χ0n) is 11.9. The first-order valence-electron chi connectivity index (χ1n) is 7.10. The van der Waals surface area contributed by atoms with E-state index in [2.05, 4.69) is 56.4 Å². The van der Waals surface area contributed by atoms with Gasteiger partial charge in [-0.3, -0.25) is 0 Å². The standard InChI is InChI=1S/C16H27NO/c1-4-8-16(14-9-6-5-7-10-14)17-15(11-12-18)13(2)3/h5-7,9-10,13,15-18H,4,8,11-12H2,1-3H3. The summed E-state index contributed by atoms with van der Waals surface area (Å²) in [6.07, 6.45) is 3.12. The molecule has 0 aliphatic rings. The molecule has 0 aliphatic heterocycles. The lowest BCUT2D eigenvalue weighted by molar-refractivity contribution is 0.232. The highest BCUT2D eigenvalue weighted by Gasteiger charge is 2.18. The third-order valence-electron chi connectivity index (χ3n) is 3.44. The molecule has 1 rings (SSSR count). The van der Waals surface area contributed by atoms with Gasteiger partial charge in [-0.25, -0.2) is 0 Å². The van der Waals surface area contributed by atoms with E-state index in [1.807, 2.05) is 0 Å². The average molecular weight is 249 g/mol. The molecular weight excluding hydrogens is 222 g/mol. The van der Waals surface area contributed by atoms with Crippen molar-refractivity contribution in [2.45, 2.75) is 52.1 Å². The van der Waals surface area contributed by atoms with Gasteiger partial charge in [0.25, 0.3) is 0 Å². The van der Waals surface area contributed by atoms with Crippen molar-refractivity contribution >= 4 is 0 Å². The molecule has 0 amide bonds. The van der Waals surface area contributed by atoms with E-state index in [4.69, 9.17) is 5.11 Å². The summed E-state index contributed by atoms with van der Waals surface area (Å²) in [4.78, 5) is 0. The number of aliphatic hydroxyl groups is 1. The second kappa shape index (κ2) is 8.28. The molecule has 0 spiro atoms. The Morgan fingerprint density at radius 3 is 2.28 bits per heavy atom. The molecule has 18 heavy (non-hydrogen) atoms. The zero-order valence-corrected chi connectivity index (χ0v) is 11.9. The Balaban J connectivity index is 2.72. The topological polar surface area (TPSA) is 32.3 Å². The maximum Gasteiger partial charge on any atom is 0.0445 e. The summed E-state index contributed by atoms with van der Waals surface area (Å²) in [5, 5.41) is 12.9. The second-order valence-corrected chi connectivity index (χ2v) is 5.28. The lowest BCUT2D eigenvalue weighted by Gasteiger charge is -2.28. The number of benzene rings is 1. The van der Waals surface area contributed by atoms with E-state index in [1.165, 1.54) is 5.56 Å². The van der Waals surface area contributed by atoms with Gasteiger partial charge in [0.15, 0.2) is 0 Å². The molecule has 2 atom stereocenters. The predicted molar refractivity (Wildman–Crippen MR) is 77.6 cm³/mol. The summed E-state index contributed by atoms with van der Waals surface area (Å²) in [5.41, 5.74) is 1.35. The van der Waals surface area contributed by atoms with Crippen molar-refractivity contribution in [3.05, 3.63) is 35.9 Å². The van der Waals surface area contributed by atoms with E-state index in [-0.39, 0.29) is 6.61 Å². The summed E-state index contributed by atoms with van der Waals surface area (Å²) < 4.78 is 0. The van der Waals surface area contributed by atoms with E-state index >= 15 is 0 Å². The normalized spacial score (nSPS) is 14.7. The largest absolute Gasteiger partial charge is 0.396 e. The Labute approximate surface area is 111 Å². The molecule has 2 nitrogen and oxygen atoms in total. The van der Waals surface area contributed by atoms with Gasteiger partial charge in [0.1, 0.15) is 0 Å². The Morgan fingerprint density at radius 2 is 1.78 bits per heavy atom. The first kappa shape index (κ1) is 15.2. The lowest BCUT2D eigenvalue weighted by atomic mass is 9.96. The SMILES string of the molecule is CCCC(NC(CCO)C(C)C)c1ccccc1. The maximum absolute atomic E-state index is 9.16. The minimum Gasteiger partial charge on any atom is -0.396 e. The van der Waals surface area contributed by atoms with Crippen molar-refractivity contribution < 1.29 is 5.11 Å². The average Bonchev–Trinajstić information content (AvgIpc) is 2.38. The molecule has 102 valence electrons. The molecule has 0 saturated heterocycles. The number of aliphatic hydroxyl groups excluding tert-OH is 1. The fourth-order valence-corrected chi connectivity index (χ4v) is 2.33. The highest BCUT2D eigenvalue weighted by molar-refractivity contribution is 5.19. The Bertz CT molecular complexity index is 310. The number of nitrogens with one attached hydrogen (secondary N) is 1. The van der Waals surface area contributed by atoms with Crippen molar-refractivity contribution in [3.8, 4) is 0 Å². The van der Waals surface area contributed by atoms with Crippen LogP contribution in [0.5, 0.6) is 0 Å². The Morgan fingerprint density at radius 1 is 1.11 bits per heavy atom. The molecule has 0 saturated carbocycles. The number of rotatable bonds is 8. The van der Waals surface area contributed by atoms with Crippen LogP contribution in [0.15, 0.2) is 30.3 Å². The van der Waals surface area contributed by atoms with E-state index < -0.39 is 0 Å². The molecule has 0 aliphatic carbocycles. The van der Waals surface area contributed by atoms with Crippen molar-refractivity contribution in [2.24, 2.45) is 5.92 Å². The van der Waals surface area contributed by atoms with Crippen molar-refractivity contribution in [1.29, 1.82) is 0 Å². The van der Waals surface area contributed by atoms with Gasteiger partial charge in [-0.05, 0) is 24.3 Å². The highest BCUT2D eigenvalue weighted by atomic mass is 16.3. The predicted octanol–water partition coefficient (Wildman–Crippen LogP) is 3.52. The van der Waals surface area contributed by atoms with Crippen molar-refractivity contribution in [2.75, 3.05) is 6.61 Å². The van der Waals surface area contributed by atoms with E-state index in [1.54, 1.807) is 0 Å². The first-order chi connectivity index (χ1) is 8.69. The molecule has 0 heterocycles. The fraction of sp³-hybridized carbons (Fsp3) is 0.625. The van der Waals surface area contributed by atoms with Gasteiger partial charge in [-0.2, -0.15) is 0 Å². The van der Waals surface area contributed by atoms with Gasteiger partial charge >= 0.3 is 0 Å². The third-order valence-corrected chi connectivity index (χ3v) is 3.44. The van der Waals surface area contributed by atoms with E-state index in [9.17, 15) is 0 Å². The Hall–Kier alpha value is -0.860. The van der Waals surface area contributed by atoms with Crippen LogP contribution >= 0.6 is 0 Å². The molecule has 0 bridgehead atoms. The van der Waals surface area contributed by atoms with Crippen molar-refractivity contribution in [3.63, 3.8) is 0 Å². The van der Waals surface area contributed by atoms with E-state index in [0.717, 1.165) is 19.3 Å². The van der Waals surface area contributed by atoms with Crippen LogP contribution in [-0.2, 0) is 0 Å². The van der Waals surface area contributed by atoms with Crippen LogP contribution in [0.3, 0.4) is 0 Å². The molecule has 0 aromatic heterocycles. The summed E-state index contributed by atoms with van der Waals surface area (Å²) in [7, 11) is 0. The molecule has 0 fully saturated rings. The van der Waals surface area contributed by atoms with Crippen LogP contribution in [0.2, 0.25) is 0 Å². The van der Waals surface area contributed by atoms with Gasteiger partial charge in [-0.15, -0.1) is 0 Å². The van der Waals surface area contributed by atoms with Crippen molar-refractivity contribution in [1.82, 2.24) is 5.32 Å². The van der Waals surface area contributed by atoms with Crippen LogP contribution in [0, 0.1) is 5.92 Å². The summed E-state index contributed by atoms with van der Waals surface area (Å²) in [5.74, 6) is 0.542. The van der Waals surface area contributed by atoms with Crippen LogP contribution in [0.4, 0.5) is 0 Å². The van der Waals surface area contributed by atoms with Crippen LogP contribution in [0.25, 0.3) is 0 Å².